The minimum atomic E-state index is -2.57. The van der Waals surface area contributed by atoms with E-state index in [2.05, 4.69) is 5.32 Å². The average Bonchev–Trinajstić information content (AvgIpc) is 2.64. The third kappa shape index (κ3) is 4.39. The second-order valence-corrected chi connectivity index (χ2v) is 7.03. The Bertz CT molecular complexity index is 941. The van der Waals surface area contributed by atoms with Crippen LogP contribution in [-0.2, 0) is 10.7 Å². The van der Waals surface area contributed by atoms with Crippen molar-refractivity contribution in [2.24, 2.45) is 0 Å². The van der Waals surface area contributed by atoms with E-state index in [0.717, 1.165) is 16.7 Å². The molecule has 0 spiro atoms. The summed E-state index contributed by atoms with van der Waals surface area (Å²) in [6.45, 7) is 0. The predicted molar refractivity (Wildman–Crippen MR) is 106 cm³/mol. The van der Waals surface area contributed by atoms with E-state index in [0.29, 0.717) is 16.9 Å². The van der Waals surface area contributed by atoms with Crippen molar-refractivity contribution < 1.29 is 14.3 Å². The number of benzene rings is 3. The third-order valence-corrected chi connectivity index (χ3v) is 4.69. The molecule has 0 aromatic heterocycles. The smallest absolute Gasteiger partial charge is 0.255 e. The number of amides is 1. The fraction of sp³-hybridized carbons (Fsp3) is 0.0500. The van der Waals surface area contributed by atoms with Crippen molar-refractivity contribution in [1.29, 1.82) is 0 Å². The molecule has 0 heterocycles. The second-order valence-electron chi connectivity index (χ2n) is 5.89. The molecule has 1 amide bonds. The molecule has 0 saturated heterocycles. The van der Waals surface area contributed by atoms with E-state index >= 15 is 0 Å². The molecule has 1 unspecified atom stereocenters. The van der Waals surface area contributed by atoms with Crippen LogP contribution >= 0.6 is 8.03 Å². The number of anilines is 2. The number of carbonyl (C=O) groups excluding carboxylic acids is 1. The molecule has 0 aliphatic rings. The predicted octanol–water partition coefficient (Wildman–Crippen LogP) is 4.16. The Labute approximate surface area is 152 Å². The third-order valence-electron chi connectivity index (χ3n) is 3.98. The summed E-state index contributed by atoms with van der Waals surface area (Å²) in [6, 6.07) is 22.0. The Hall–Kier alpha value is -2.88. The van der Waals surface area contributed by atoms with Crippen LogP contribution in [0.5, 0.6) is 0 Å². The van der Waals surface area contributed by atoms with Gasteiger partial charge in [-0.3, -0.25) is 9.36 Å². The Kier molecular flexibility index (Phi) is 5.52. The van der Waals surface area contributed by atoms with Gasteiger partial charge in [0.2, 0.25) is 0 Å². The van der Waals surface area contributed by atoms with E-state index in [4.69, 9.17) is 10.6 Å². The van der Waals surface area contributed by atoms with E-state index in [9.17, 15) is 9.36 Å². The summed E-state index contributed by atoms with van der Waals surface area (Å²) in [4.78, 5) is 21.5. The first kappa shape index (κ1) is 17.9. The minimum absolute atomic E-state index is 0.110. The van der Waals surface area contributed by atoms with Gasteiger partial charge in [0.25, 0.3) is 5.91 Å². The topological polar surface area (TPSA) is 92.4 Å². The maximum Gasteiger partial charge on any atom is 0.255 e. The fourth-order valence-electron chi connectivity index (χ4n) is 2.62. The van der Waals surface area contributed by atoms with Crippen molar-refractivity contribution in [3.8, 4) is 11.1 Å². The van der Waals surface area contributed by atoms with Crippen LogP contribution in [0.2, 0.25) is 0 Å². The first-order chi connectivity index (χ1) is 12.5. The summed E-state index contributed by atoms with van der Waals surface area (Å²) in [5.74, 6) is -0.287. The molecule has 0 saturated carbocycles. The van der Waals surface area contributed by atoms with Gasteiger partial charge in [-0.15, -0.1) is 0 Å². The van der Waals surface area contributed by atoms with Crippen LogP contribution in [-0.4, -0.2) is 10.8 Å². The summed E-state index contributed by atoms with van der Waals surface area (Å²) in [7, 11) is -2.57. The molecule has 0 aliphatic carbocycles. The molecule has 0 bridgehead atoms. The standard InChI is InChI=1S/C20H19N2O3P/c21-18-11-10-17(15-4-2-1-3-5-15)12-19(18)22-20(23)16-8-6-14(7-9-16)13-26(24)25/h1-12,26H,13,21H2,(H,22,23)(H,24,25). The van der Waals surface area contributed by atoms with E-state index in [-0.39, 0.29) is 12.1 Å². The Morgan fingerprint density at radius 2 is 1.65 bits per heavy atom. The van der Waals surface area contributed by atoms with Crippen molar-refractivity contribution in [3.63, 3.8) is 0 Å². The van der Waals surface area contributed by atoms with Crippen LogP contribution in [0.3, 0.4) is 0 Å². The summed E-state index contributed by atoms with van der Waals surface area (Å²) >= 11 is 0. The largest absolute Gasteiger partial charge is 0.397 e. The SMILES string of the molecule is Nc1ccc(-c2ccccc2)cc1NC(=O)c1ccc(C[PH](=O)O)cc1. The lowest BCUT2D eigenvalue weighted by molar-refractivity contribution is 0.102. The zero-order chi connectivity index (χ0) is 18.5. The number of nitrogens with one attached hydrogen (secondary N) is 1. The van der Waals surface area contributed by atoms with Crippen molar-refractivity contribution in [1.82, 2.24) is 0 Å². The molecule has 6 heteroatoms. The van der Waals surface area contributed by atoms with Crippen LogP contribution in [0.25, 0.3) is 11.1 Å². The van der Waals surface area contributed by atoms with Crippen molar-refractivity contribution >= 4 is 25.3 Å². The lowest BCUT2D eigenvalue weighted by Crippen LogP contribution is -2.13. The van der Waals surface area contributed by atoms with Crippen molar-refractivity contribution in [2.75, 3.05) is 11.1 Å². The number of carbonyl (C=O) groups is 1. The number of nitrogen functional groups attached to an aromatic ring is 1. The van der Waals surface area contributed by atoms with Gasteiger partial charge in [-0.05, 0) is 41.0 Å². The quantitative estimate of drug-likeness (QED) is 0.467. The highest BCUT2D eigenvalue weighted by molar-refractivity contribution is 7.37. The van der Waals surface area contributed by atoms with Gasteiger partial charge in [-0.1, -0.05) is 48.5 Å². The monoisotopic (exact) mass is 366 g/mol. The van der Waals surface area contributed by atoms with Crippen molar-refractivity contribution in [3.05, 3.63) is 83.9 Å². The van der Waals surface area contributed by atoms with Crippen molar-refractivity contribution in [2.45, 2.75) is 6.16 Å². The number of nitrogens with two attached hydrogens (primary N) is 1. The fourth-order valence-corrected chi connectivity index (χ4v) is 3.20. The molecule has 0 radical (unpaired) electrons. The number of hydrogen-bond acceptors (Lipinski definition) is 3. The first-order valence-electron chi connectivity index (χ1n) is 8.10. The van der Waals surface area contributed by atoms with Crippen LogP contribution in [0.15, 0.2) is 72.8 Å². The maximum absolute atomic E-state index is 12.5. The highest BCUT2D eigenvalue weighted by atomic mass is 31.1. The van der Waals surface area contributed by atoms with Gasteiger partial charge in [0, 0.05) is 11.7 Å². The van der Waals surface area contributed by atoms with E-state index in [1.165, 1.54) is 0 Å². The van der Waals surface area contributed by atoms with Gasteiger partial charge < -0.3 is 15.9 Å². The summed E-state index contributed by atoms with van der Waals surface area (Å²) in [5.41, 5.74) is 10.2. The lowest BCUT2D eigenvalue weighted by atomic mass is 10.0. The summed E-state index contributed by atoms with van der Waals surface area (Å²) in [6.07, 6.45) is 0.110. The van der Waals surface area contributed by atoms with Gasteiger partial charge in [0.1, 0.15) is 0 Å². The Balaban J connectivity index is 1.79. The van der Waals surface area contributed by atoms with Crippen LogP contribution in [0, 0.1) is 0 Å². The summed E-state index contributed by atoms with van der Waals surface area (Å²) in [5, 5.41) is 2.83. The molecule has 3 aromatic rings. The molecule has 5 nitrogen and oxygen atoms in total. The molecule has 26 heavy (non-hydrogen) atoms. The average molecular weight is 366 g/mol. The Morgan fingerprint density at radius 1 is 0.962 bits per heavy atom. The second kappa shape index (κ2) is 8.00. The van der Waals surface area contributed by atoms with Crippen LogP contribution in [0.4, 0.5) is 11.4 Å². The number of hydrogen-bond donors (Lipinski definition) is 3. The van der Waals surface area contributed by atoms with Gasteiger partial charge in [-0.2, -0.15) is 0 Å². The van der Waals surface area contributed by atoms with E-state index in [1.54, 1.807) is 30.3 Å². The zero-order valence-electron chi connectivity index (χ0n) is 14.0. The molecule has 1 atom stereocenters. The molecule has 4 N–H and O–H groups in total. The molecule has 132 valence electrons. The van der Waals surface area contributed by atoms with Gasteiger partial charge in [0.05, 0.1) is 11.4 Å². The van der Waals surface area contributed by atoms with E-state index in [1.807, 2.05) is 42.5 Å². The molecular weight excluding hydrogens is 347 g/mol. The number of rotatable bonds is 5. The maximum atomic E-state index is 12.5. The van der Waals surface area contributed by atoms with Crippen LogP contribution < -0.4 is 11.1 Å². The molecule has 3 aromatic carbocycles. The highest BCUT2D eigenvalue weighted by Crippen LogP contribution is 2.28. The van der Waals surface area contributed by atoms with E-state index < -0.39 is 8.03 Å². The highest BCUT2D eigenvalue weighted by Gasteiger charge is 2.10. The lowest BCUT2D eigenvalue weighted by Gasteiger charge is -2.11. The summed E-state index contributed by atoms with van der Waals surface area (Å²) < 4.78 is 10.9. The first-order valence-corrected chi connectivity index (χ1v) is 9.66. The molecule has 3 rings (SSSR count). The normalized spacial score (nSPS) is 11.7. The van der Waals surface area contributed by atoms with Gasteiger partial charge >= 0.3 is 0 Å². The molecule has 0 aliphatic heterocycles. The van der Waals surface area contributed by atoms with Gasteiger partial charge in [0.15, 0.2) is 8.03 Å². The zero-order valence-corrected chi connectivity index (χ0v) is 15.0. The minimum Gasteiger partial charge on any atom is -0.397 e. The Morgan fingerprint density at radius 3 is 2.31 bits per heavy atom. The van der Waals surface area contributed by atoms with Gasteiger partial charge in [-0.25, -0.2) is 0 Å². The molecular formula is C20H19N2O3P. The molecule has 0 fully saturated rings. The van der Waals surface area contributed by atoms with Crippen LogP contribution in [0.1, 0.15) is 15.9 Å².